The Morgan fingerprint density at radius 1 is 1.36 bits per heavy atom. The molecule has 4 heteroatoms. The highest BCUT2D eigenvalue weighted by atomic mass is 32.2. The molecule has 1 saturated heterocycles. The molecule has 0 aromatic carbocycles. The van der Waals surface area contributed by atoms with E-state index in [1.807, 2.05) is 13.8 Å². The maximum absolute atomic E-state index is 11.9. The van der Waals surface area contributed by atoms with Gasteiger partial charge in [0.15, 0.2) is 0 Å². The topological polar surface area (TPSA) is 43.4 Å². The molecule has 14 heavy (non-hydrogen) atoms. The van der Waals surface area contributed by atoms with Crippen molar-refractivity contribution in [2.45, 2.75) is 43.5 Å². The van der Waals surface area contributed by atoms with Crippen molar-refractivity contribution < 1.29 is 12.6 Å². The predicted octanol–water partition coefficient (Wildman–Crippen LogP) is 1.60. The summed E-state index contributed by atoms with van der Waals surface area (Å²) in [6, 6.07) is 0. The van der Waals surface area contributed by atoms with Gasteiger partial charge >= 0.3 is 0 Å². The van der Waals surface area contributed by atoms with Crippen LogP contribution < -0.4 is 0 Å². The van der Waals surface area contributed by atoms with E-state index in [0.717, 1.165) is 18.4 Å². The molecule has 0 spiro atoms. The van der Waals surface area contributed by atoms with Crippen LogP contribution in [0.3, 0.4) is 0 Å². The van der Waals surface area contributed by atoms with Crippen LogP contribution >= 0.6 is 0 Å². The molecule has 1 heterocycles. The van der Waals surface area contributed by atoms with Gasteiger partial charge in [-0.05, 0) is 18.4 Å². The molecule has 2 atom stereocenters. The van der Waals surface area contributed by atoms with Crippen molar-refractivity contribution in [2.24, 2.45) is 5.41 Å². The molecule has 0 amide bonds. The van der Waals surface area contributed by atoms with E-state index in [1.54, 1.807) is 0 Å². The van der Waals surface area contributed by atoms with Gasteiger partial charge in [-0.2, -0.15) is 8.42 Å². The van der Waals surface area contributed by atoms with Gasteiger partial charge in [0.05, 0.1) is 0 Å². The SMILES string of the molecule is C=C1C23CCC(C2)(C1(C)C)S(=O)(=O)O3. The Bertz CT molecular complexity index is 444. The van der Waals surface area contributed by atoms with Gasteiger partial charge in [-0.1, -0.05) is 20.4 Å². The van der Waals surface area contributed by atoms with Crippen molar-refractivity contribution in [3.63, 3.8) is 0 Å². The van der Waals surface area contributed by atoms with E-state index in [4.69, 9.17) is 4.18 Å². The fourth-order valence-electron chi connectivity index (χ4n) is 3.61. The first-order valence-electron chi connectivity index (χ1n) is 4.93. The van der Waals surface area contributed by atoms with Crippen LogP contribution in [0.15, 0.2) is 12.2 Å². The smallest absolute Gasteiger partial charge is 0.258 e. The Kier molecular flexibility index (Phi) is 1.16. The molecule has 0 aromatic heterocycles. The van der Waals surface area contributed by atoms with Crippen molar-refractivity contribution in [2.75, 3.05) is 0 Å². The minimum atomic E-state index is -3.36. The summed E-state index contributed by atoms with van der Waals surface area (Å²) in [5.74, 6) is 0. The zero-order valence-electron chi connectivity index (χ0n) is 8.46. The summed E-state index contributed by atoms with van der Waals surface area (Å²) in [5, 5.41) is 0. The monoisotopic (exact) mass is 214 g/mol. The minimum absolute atomic E-state index is 0.317. The van der Waals surface area contributed by atoms with E-state index < -0.39 is 20.5 Å². The van der Waals surface area contributed by atoms with Crippen molar-refractivity contribution in [3.05, 3.63) is 12.2 Å². The first kappa shape index (κ1) is 8.92. The van der Waals surface area contributed by atoms with Gasteiger partial charge < -0.3 is 0 Å². The van der Waals surface area contributed by atoms with E-state index in [0.29, 0.717) is 6.42 Å². The maximum Gasteiger partial charge on any atom is 0.274 e. The quantitative estimate of drug-likeness (QED) is 0.454. The second kappa shape index (κ2) is 1.83. The summed E-state index contributed by atoms with van der Waals surface area (Å²) in [5.41, 5.74) is 0.121. The predicted molar refractivity (Wildman–Crippen MR) is 52.2 cm³/mol. The zero-order valence-corrected chi connectivity index (χ0v) is 9.28. The molecular formula is C10H14O3S. The Labute approximate surface area is 84.3 Å². The molecule has 2 aliphatic carbocycles. The highest BCUT2D eigenvalue weighted by Crippen LogP contribution is 2.73. The van der Waals surface area contributed by atoms with Gasteiger partial charge in [-0.15, -0.1) is 0 Å². The molecule has 2 bridgehead atoms. The molecule has 2 unspecified atom stereocenters. The molecule has 3 nitrogen and oxygen atoms in total. The number of hydrogen-bond donors (Lipinski definition) is 0. The second-order valence-corrected chi connectivity index (χ2v) is 7.16. The van der Waals surface area contributed by atoms with Crippen LogP contribution in [0.2, 0.25) is 0 Å². The molecule has 3 fully saturated rings. The van der Waals surface area contributed by atoms with Crippen LogP contribution in [0.25, 0.3) is 0 Å². The van der Waals surface area contributed by atoms with Crippen molar-refractivity contribution >= 4 is 10.1 Å². The summed E-state index contributed by atoms with van der Waals surface area (Å²) < 4.78 is 28.4. The molecule has 1 aliphatic heterocycles. The van der Waals surface area contributed by atoms with E-state index >= 15 is 0 Å². The lowest BCUT2D eigenvalue weighted by Gasteiger charge is -2.47. The van der Waals surface area contributed by atoms with E-state index in [2.05, 4.69) is 6.58 Å². The highest BCUT2D eigenvalue weighted by molar-refractivity contribution is 7.88. The van der Waals surface area contributed by atoms with Gasteiger partial charge in [-0.25, -0.2) is 0 Å². The standard InChI is InChI=1S/C10H14O3S/c1-7-8(2,3)10-5-4-9(7,6-10)13-14(10,11)12/h1,4-6H2,2-3H3. The summed E-state index contributed by atoms with van der Waals surface area (Å²) in [4.78, 5) is 0. The van der Waals surface area contributed by atoms with Gasteiger partial charge in [0.2, 0.25) is 0 Å². The third-order valence-corrected chi connectivity index (χ3v) is 7.05. The van der Waals surface area contributed by atoms with E-state index in [1.165, 1.54) is 0 Å². The zero-order chi connectivity index (χ0) is 10.4. The van der Waals surface area contributed by atoms with Gasteiger partial charge in [0.1, 0.15) is 10.3 Å². The van der Waals surface area contributed by atoms with Crippen LogP contribution in [0.1, 0.15) is 33.1 Å². The molecule has 3 rings (SSSR count). The Morgan fingerprint density at radius 3 is 2.36 bits per heavy atom. The first-order chi connectivity index (χ1) is 6.28. The average Bonchev–Trinajstić information content (AvgIpc) is 2.56. The Hall–Kier alpha value is -0.350. The molecule has 2 saturated carbocycles. The summed E-state index contributed by atoms with van der Waals surface area (Å²) in [7, 11) is -3.36. The fourth-order valence-corrected chi connectivity index (χ4v) is 5.95. The first-order valence-corrected chi connectivity index (χ1v) is 6.33. The molecule has 3 aliphatic rings. The summed E-state index contributed by atoms with van der Waals surface area (Å²) >= 11 is 0. The molecule has 0 aromatic rings. The van der Waals surface area contributed by atoms with Crippen LogP contribution in [-0.4, -0.2) is 18.8 Å². The lowest BCUT2D eigenvalue weighted by molar-refractivity contribution is 0.1000. The second-order valence-electron chi connectivity index (χ2n) is 5.31. The molecule has 0 N–H and O–H groups in total. The average molecular weight is 214 g/mol. The molecule has 0 radical (unpaired) electrons. The van der Waals surface area contributed by atoms with Gasteiger partial charge in [0.25, 0.3) is 10.1 Å². The Morgan fingerprint density at radius 2 is 2.00 bits per heavy atom. The third-order valence-electron chi connectivity index (χ3n) is 4.70. The van der Waals surface area contributed by atoms with E-state index in [-0.39, 0.29) is 5.41 Å². The lowest BCUT2D eigenvalue weighted by atomic mass is 9.71. The van der Waals surface area contributed by atoms with Gasteiger partial charge in [-0.3, -0.25) is 4.18 Å². The van der Waals surface area contributed by atoms with Crippen molar-refractivity contribution in [3.8, 4) is 0 Å². The van der Waals surface area contributed by atoms with Crippen LogP contribution in [0, 0.1) is 5.41 Å². The normalized spacial score (nSPS) is 51.4. The minimum Gasteiger partial charge on any atom is -0.258 e. The molecular weight excluding hydrogens is 200 g/mol. The van der Waals surface area contributed by atoms with Crippen LogP contribution in [-0.2, 0) is 14.3 Å². The van der Waals surface area contributed by atoms with E-state index in [9.17, 15) is 8.42 Å². The summed E-state index contributed by atoms with van der Waals surface area (Å²) in [6.07, 6.45) is 2.20. The fraction of sp³-hybridized carbons (Fsp3) is 0.800. The Balaban J connectivity index is 2.35. The van der Waals surface area contributed by atoms with Crippen molar-refractivity contribution in [1.82, 2.24) is 0 Å². The lowest BCUT2D eigenvalue weighted by Crippen LogP contribution is -2.53. The van der Waals surface area contributed by atoms with Crippen LogP contribution in [0.4, 0.5) is 0 Å². The highest BCUT2D eigenvalue weighted by Gasteiger charge is 2.79. The van der Waals surface area contributed by atoms with Crippen LogP contribution in [0.5, 0.6) is 0 Å². The maximum atomic E-state index is 11.9. The molecule has 78 valence electrons. The number of rotatable bonds is 0. The summed E-state index contributed by atoms with van der Waals surface area (Å²) in [6.45, 7) is 8.00. The largest absolute Gasteiger partial charge is 0.274 e. The van der Waals surface area contributed by atoms with Gasteiger partial charge in [0, 0.05) is 11.8 Å². The number of hydrogen-bond acceptors (Lipinski definition) is 3. The third kappa shape index (κ3) is 0.558. The van der Waals surface area contributed by atoms with Crippen molar-refractivity contribution in [1.29, 1.82) is 0 Å².